The third kappa shape index (κ3) is 3.52. The number of benzene rings is 1. The Kier molecular flexibility index (Phi) is 4.51. The Morgan fingerprint density at radius 2 is 1.43 bits per heavy atom. The van der Waals surface area contributed by atoms with Crippen molar-refractivity contribution in [3.8, 4) is 17.0 Å². The van der Waals surface area contributed by atoms with Gasteiger partial charge in [0, 0.05) is 22.4 Å². The van der Waals surface area contributed by atoms with E-state index in [9.17, 15) is 5.11 Å². The largest absolute Gasteiger partial charge is 0.507 e. The average molecular weight is 333 g/mol. The molecule has 0 unspecified atom stereocenters. The highest BCUT2D eigenvalue weighted by Crippen LogP contribution is 2.42. The number of aryl methyl sites for hydroxylation is 1. The Morgan fingerprint density at radius 3 is 1.83 bits per heavy atom. The molecule has 0 fully saturated rings. The van der Waals surface area contributed by atoms with Crippen molar-refractivity contribution in [2.24, 2.45) is 0 Å². The molecule has 1 aromatic heterocycles. The summed E-state index contributed by atoms with van der Waals surface area (Å²) in [6.45, 7) is 14.8. The van der Waals surface area contributed by atoms with Gasteiger partial charge in [-0.3, -0.25) is 0 Å². The molecular weight excluding hydrogens is 304 g/mol. The van der Waals surface area contributed by atoms with E-state index in [4.69, 9.17) is 12.2 Å². The first-order valence-electron chi connectivity index (χ1n) is 8.14. The molecule has 0 radical (unpaired) electrons. The van der Waals surface area contributed by atoms with Crippen LogP contribution in [-0.4, -0.2) is 15.1 Å². The number of nitrogens with one attached hydrogen (secondary N) is 2. The van der Waals surface area contributed by atoms with E-state index in [0.717, 1.165) is 34.5 Å². The topological polar surface area (TPSA) is 51.8 Å². The number of phenols is 1. The molecule has 1 aromatic carbocycles. The van der Waals surface area contributed by atoms with Gasteiger partial charge in [-0.15, -0.1) is 0 Å². The van der Waals surface area contributed by atoms with Crippen molar-refractivity contribution in [1.29, 1.82) is 0 Å². The fourth-order valence-corrected chi connectivity index (χ4v) is 3.08. The minimum atomic E-state index is -0.139. The lowest BCUT2D eigenvalue weighted by Gasteiger charge is -2.28. The van der Waals surface area contributed by atoms with Crippen molar-refractivity contribution in [2.45, 2.75) is 65.7 Å². The predicted molar refractivity (Wildman–Crippen MR) is 99.9 cm³/mol. The molecule has 0 saturated heterocycles. The molecule has 2 aromatic rings. The fourth-order valence-electron chi connectivity index (χ4n) is 2.85. The van der Waals surface area contributed by atoms with E-state index in [2.05, 4.69) is 70.6 Å². The SMILES string of the molecule is CCc1[nH]c(=S)[nH]c1-c1cc(C(C)(C)C)c(O)c(C(C)(C)C)c1. The van der Waals surface area contributed by atoms with Gasteiger partial charge in [-0.25, -0.2) is 0 Å². The van der Waals surface area contributed by atoms with Crippen LogP contribution >= 0.6 is 12.2 Å². The first-order valence-corrected chi connectivity index (χ1v) is 8.55. The molecule has 23 heavy (non-hydrogen) atoms. The van der Waals surface area contributed by atoms with Gasteiger partial charge in [-0.1, -0.05) is 48.5 Å². The summed E-state index contributed by atoms with van der Waals surface area (Å²) >= 11 is 5.26. The number of phenolic OH excluding ortho intramolecular Hbond substituents is 1. The maximum atomic E-state index is 10.8. The van der Waals surface area contributed by atoms with Gasteiger partial charge in [0.15, 0.2) is 4.77 Å². The summed E-state index contributed by atoms with van der Waals surface area (Å²) in [5, 5.41) is 10.8. The average Bonchev–Trinajstić information content (AvgIpc) is 2.77. The molecule has 0 saturated carbocycles. The number of H-pyrrole nitrogens is 2. The van der Waals surface area contributed by atoms with E-state index in [1.54, 1.807) is 0 Å². The highest BCUT2D eigenvalue weighted by atomic mass is 32.1. The van der Waals surface area contributed by atoms with Crippen LogP contribution in [-0.2, 0) is 17.3 Å². The predicted octanol–water partition coefficient (Wildman–Crippen LogP) is 5.60. The molecule has 3 N–H and O–H groups in total. The fraction of sp³-hybridized carbons (Fsp3) is 0.526. The molecule has 0 atom stereocenters. The third-order valence-electron chi connectivity index (χ3n) is 4.17. The summed E-state index contributed by atoms with van der Waals surface area (Å²) in [7, 11) is 0. The lowest BCUT2D eigenvalue weighted by Crippen LogP contribution is -2.17. The summed E-state index contributed by atoms with van der Waals surface area (Å²) in [4.78, 5) is 6.49. The zero-order valence-electron chi connectivity index (χ0n) is 15.2. The minimum Gasteiger partial charge on any atom is -0.507 e. The Hall–Kier alpha value is -1.55. The van der Waals surface area contributed by atoms with Gasteiger partial charge < -0.3 is 15.1 Å². The Bertz CT molecular complexity index is 735. The molecule has 0 amide bonds. The van der Waals surface area contributed by atoms with Crippen LogP contribution in [0.3, 0.4) is 0 Å². The van der Waals surface area contributed by atoms with Crippen LogP contribution in [0.4, 0.5) is 0 Å². The number of rotatable bonds is 2. The summed E-state index contributed by atoms with van der Waals surface area (Å²) in [6.07, 6.45) is 0.874. The van der Waals surface area contributed by atoms with E-state index in [1.807, 2.05) is 0 Å². The molecule has 3 nitrogen and oxygen atoms in total. The second-order valence-corrected chi connectivity index (χ2v) is 8.61. The molecule has 0 spiro atoms. The van der Waals surface area contributed by atoms with E-state index in [-0.39, 0.29) is 10.8 Å². The number of hydrogen-bond donors (Lipinski definition) is 3. The number of aromatic amines is 2. The lowest BCUT2D eigenvalue weighted by molar-refractivity contribution is 0.423. The maximum absolute atomic E-state index is 10.8. The zero-order chi connectivity index (χ0) is 17.6. The van der Waals surface area contributed by atoms with Crippen LogP contribution in [0.2, 0.25) is 0 Å². The van der Waals surface area contributed by atoms with Crippen LogP contribution in [0.1, 0.15) is 65.3 Å². The number of aromatic hydroxyl groups is 1. The molecule has 0 aliphatic heterocycles. The monoisotopic (exact) mass is 332 g/mol. The van der Waals surface area contributed by atoms with Crippen molar-refractivity contribution in [3.05, 3.63) is 33.7 Å². The second-order valence-electron chi connectivity index (χ2n) is 8.21. The summed E-state index contributed by atoms with van der Waals surface area (Å²) < 4.78 is 0.638. The van der Waals surface area contributed by atoms with Crippen LogP contribution in [0.5, 0.6) is 5.75 Å². The summed E-state index contributed by atoms with van der Waals surface area (Å²) in [5.41, 5.74) is 4.83. The standard InChI is InChI=1S/C19H28N2OS/c1-8-14-15(21-17(23)20-14)11-9-12(18(2,3)4)16(22)13(10-11)19(5,6)7/h9-10,22H,8H2,1-7H3,(H2,20,21,23). The van der Waals surface area contributed by atoms with Crippen molar-refractivity contribution in [1.82, 2.24) is 9.97 Å². The summed E-state index contributed by atoms with van der Waals surface area (Å²) in [6, 6.07) is 4.16. The lowest BCUT2D eigenvalue weighted by atomic mass is 9.78. The molecule has 126 valence electrons. The molecule has 2 rings (SSSR count). The molecular formula is C19H28N2OS. The zero-order valence-corrected chi connectivity index (χ0v) is 16.0. The molecule has 0 aliphatic carbocycles. The Balaban J connectivity index is 2.82. The first kappa shape index (κ1) is 17.8. The maximum Gasteiger partial charge on any atom is 0.175 e. The van der Waals surface area contributed by atoms with Gasteiger partial charge >= 0.3 is 0 Å². The second kappa shape index (κ2) is 5.82. The highest BCUT2D eigenvalue weighted by molar-refractivity contribution is 7.71. The van der Waals surface area contributed by atoms with E-state index < -0.39 is 0 Å². The smallest absolute Gasteiger partial charge is 0.175 e. The number of imidazole rings is 1. The van der Waals surface area contributed by atoms with Crippen molar-refractivity contribution in [2.75, 3.05) is 0 Å². The number of aromatic nitrogens is 2. The first-order chi connectivity index (χ1) is 10.4. The highest BCUT2D eigenvalue weighted by Gasteiger charge is 2.27. The minimum absolute atomic E-state index is 0.139. The number of hydrogen-bond acceptors (Lipinski definition) is 2. The Labute approximate surface area is 144 Å². The van der Waals surface area contributed by atoms with Gasteiger partial charge in [0.05, 0.1) is 5.69 Å². The van der Waals surface area contributed by atoms with Gasteiger partial charge in [0.2, 0.25) is 0 Å². The van der Waals surface area contributed by atoms with E-state index >= 15 is 0 Å². The van der Waals surface area contributed by atoms with Gasteiger partial charge in [-0.2, -0.15) is 0 Å². The van der Waals surface area contributed by atoms with Crippen molar-refractivity contribution < 1.29 is 5.11 Å². The third-order valence-corrected chi connectivity index (χ3v) is 4.38. The molecule has 1 heterocycles. The van der Waals surface area contributed by atoms with Crippen LogP contribution in [0.15, 0.2) is 12.1 Å². The molecule has 0 aliphatic rings. The molecule has 0 bridgehead atoms. The summed E-state index contributed by atoms with van der Waals surface area (Å²) in [5.74, 6) is 0.404. The van der Waals surface area contributed by atoms with Gasteiger partial charge in [0.1, 0.15) is 5.75 Å². The Morgan fingerprint density at radius 1 is 0.957 bits per heavy atom. The normalized spacial score (nSPS) is 12.7. The quantitative estimate of drug-likeness (QED) is 0.627. The molecule has 4 heteroatoms. The van der Waals surface area contributed by atoms with E-state index in [0.29, 0.717) is 10.5 Å². The van der Waals surface area contributed by atoms with E-state index in [1.165, 1.54) is 0 Å². The van der Waals surface area contributed by atoms with Gasteiger partial charge in [0.25, 0.3) is 0 Å². The van der Waals surface area contributed by atoms with Gasteiger partial charge in [-0.05, 0) is 41.6 Å². The van der Waals surface area contributed by atoms with Crippen LogP contribution in [0.25, 0.3) is 11.3 Å². The van der Waals surface area contributed by atoms with Crippen molar-refractivity contribution >= 4 is 12.2 Å². The van der Waals surface area contributed by atoms with Crippen molar-refractivity contribution in [3.63, 3.8) is 0 Å². The van der Waals surface area contributed by atoms with Crippen LogP contribution in [0, 0.1) is 4.77 Å². The van der Waals surface area contributed by atoms with Crippen LogP contribution < -0.4 is 0 Å².